The van der Waals surface area contributed by atoms with E-state index in [2.05, 4.69) is 10.3 Å². The zero-order chi connectivity index (χ0) is 13.1. The zero-order valence-electron chi connectivity index (χ0n) is 9.66. The fraction of sp³-hybridized carbons (Fsp3) is 0.182. The van der Waals surface area contributed by atoms with Crippen LogP contribution in [-0.4, -0.2) is 19.2 Å². The molecule has 0 amide bonds. The number of nitrogens with one attached hydrogen (secondary N) is 1. The molecule has 4 nitrogen and oxygen atoms in total. The first-order valence-corrected chi connectivity index (χ1v) is 6.57. The lowest BCUT2D eigenvalue weighted by atomic mass is 10.2. The lowest BCUT2D eigenvalue weighted by Gasteiger charge is -2.12. The van der Waals surface area contributed by atoms with Crippen molar-refractivity contribution < 1.29 is 9.47 Å². The van der Waals surface area contributed by atoms with Crippen molar-refractivity contribution in [3.8, 4) is 11.5 Å². The summed E-state index contributed by atoms with van der Waals surface area (Å²) in [6.07, 6.45) is 0. The Kier molecular flexibility index (Phi) is 4.16. The molecule has 0 aliphatic heterocycles. The van der Waals surface area contributed by atoms with Crippen molar-refractivity contribution >= 4 is 45.4 Å². The summed E-state index contributed by atoms with van der Waals surface area (Å²) in [4.78, 5) is 4.10. The molecule has 0 fully saturated rings. The Morgan fingerprint density at radius 3 is 2.44 bits per heavy atom. The van der Waals surface area contributed by atoms with Crippen LogP contribution in [0, 0.1) is 0 Å². The van der Waals surface area contributed by atoms with Gasteiger partial charge in [-0.15, -0.1) is 11.3 Å². The molecular weight excluding hydrogens is 295 g/mol. The Hall–Kier alpha value is -1.17. The van der Waals surface area contributed by atoms with Crippen molar-refractivity contribution in [3.05, 3.63) is 27.7 Å². The molecule has 0 spiro atoms. The molecule has 0 radical (unpaired) electrons. The number of anilines is 2. The molecule has 2 rings (SSSR count). The maximum atomic E-state index is 6.02. The van der Waals surface area contributed by atoms with Gasteiger partial charge in [0.1, 0.15) is 16.7 Å². The third-order valence-corrected chi connectivity index (χ3v) is 3.57. The maximum Gasteiger partial charge on any atom is 0.188 e. The van der Waals surface area contributed by atoms with Gasteiger partial charge in [-0.3, -0.25) is 0 Å². The number of hydrogen-bond acceptors (Lipinski definition) is 5. The van der Waals surface area contributed by atoms with Gasteiger partial charge >= 0.3 is 0 Å². The second kappa shape index (κ2) is 5.65. The van der Waals surface area contributed by atoms with Crippen LogP contribution in [-0.2, 0) is 0 Å². The predicted molar refractivity (Wildman–Crippen MR) is 75.0 cm³/mol. The molecule has 0 saturated heterocycles. The van der Waals surface area contributed by atoms with Gasteiger partial charge in [0.15, 0.2) is 5.13 Å². The summed E-state index contributed by atoms with van der Waals surface area (Å²) >= 11 is 13.2. The normalized spacial score (nSPS) is 10.2. The number of halogens is 2. The predicted octanol–water partition coefficient (Wildman–Crippen LogP) is 4.21. The monoisotopic (exact) mass is 304 g/mol. The van der Waals surface area contributed by atoms with E-state index < -0.39 is 0 Å². The quantitative estimate of drug-likeness (QED) is 0.919. The molecule has 0 aliphatic carbocycles. The molecule has 0 atom stereocenters. The van der Waals surface area contributed by atoms with Crippen LogP contribution in [0.25, 0.3) is 0 Å². The highest BCUT2D eigenvalue weighted by Crippen LogP contribution is 2.37. The Labute approximate surface area is 118 Å². The Balaban J connectivity index is 2.36. The summed E-state index contributed by atoms with van der Waals surface area (Å²) in [7, 11) is 3.12. The second-order valence-electron chi connectivity index (χ2n) is 3.29. The van der Waals surface area contributed by atoms with Crippen molar-refractivity contribution in [1.29, 1.82) is 0 Å². The van der Waals surface area contributed by atoms with Crippen molar-refractivity contribution in [3.63, 3.8) is 0 Å². The van der Waals surface area contributed by atoms with Crippen molar-refractivity contribution in [1.82, 2.24) is 4.98 Å². The van der Waals surface area contributed by atoms with E-state index in [9.17, 15) is 0 Å². The van der Waals surface area contributed by atoms with Gasteiger partial charge in [0.25, 0.3) is 0 Å². The summed E-state index contributed by atoms with van der Waals surface area (Å²) in [5.41, 5.74) is 0.713. The fourth-order valence-electron chi connectivity index (χ4n) is 1.38. The van der Waals surface area contributed by atoms with Crippen LogP contribution in [0.2, 0.25) is 10.2 Å². The third kappa shape index (κ3) is 2.80. The van der Waals surface area contributed by atoms with Crippen LogP contribution >= 0.6 is 34.5 Å². The molecular formula is C11H10Cl2N2O2S. The van der Waals surface area contributed by atoms with Crippen LogP contribution < -0.4 is 14.8 Å². The highest BCUT2D eigenvalue weighted by molar-refractivity contribution is 7.14. The van der Waals surface area contributed by atoms with Gasteiger partial charge in [-0.25, -0.2) is 4.98 Å². The smallest absolute Gasteiger partial charge is 0.188 e. The molecule has 2 aromatic rings. The first-order valence-electron chi connectivity index (χ1n) is 4.93. The SMILES string of the molecule is COc1cc(Nc2nc(Cl)cs2)c(OC)cc1Cl. The Morgan fingerprint density at radius 2 is 1.89 bits per heavy atom. The van der Waals surface area contributed by atoms with Crippen LogP contribution in [0.4, 0.5) is 10.8 Å². The van der Waals surface area contributed by atoms with Gasteiger partial charge in [-0.1, -0.05) is 23.2 Å². The third-order valence-electron chi connectivity index (χ3n) is 2.19. The van der Waals surface area contributed by atoms with E-state index >= 15 is 0 Å². The van der Waals surface area contributed by atoms with Gasteiger partial charge < -0.3 is 14.8 Å². The fourth-order valence-corrected chi connectivity index (χ4v) is 2.47. The number of ether oxygens (including phenoxy) is 2. The minimum absolute atomic E-state index is 0.447. The van der Waals surface area contributed by atoms with Crippen LogP contribution in [0.5, 0.6) is 11.5 Å². The first-order chi connectivity index (χ1) is 8.63. The maximum absolute atomic E-state index is 6.02. The van der Waals surface area contributed by atoms with Gasteiger partial charge in [0, 0.05) is 17.5 Å². The number of nitrogens with zero attached hydrogens (tertiary/aromatic N) is 1. The number of rotatable bonds is 4. The van der Waals surface area contributed by atoms with E-state index in [4.69, 9.17) is 32.7 Å². The lowest BCUT2D eigenvalue weighted by Crippen LogP contribution is -1.96. The van der Waals surface area contributed by atoms with Crippen molar-refractivity contribution in [2.45, 2.75) is 0 Å². The molecule has 1 aromatic heterocycles. The molecule has 0 saturated carbocycles. The lowest BCUT2D eigenvalue weighted by molar-refractivity contribution is 0.405. The molecule has 0 bridgehead atoms. The van der Waals surface area contributed by atoms with Crippen LogP contribution in [0.15, 0.2) is 17.5 Å². The summed E-state index contributed by atoms with van der Waals surface area (Å²) in [6.45, 7) is 0. The number of methoxy groups -OCH3 is 2. The first kappa shape index (κ1) is 13.3. The summed E-state index contributed by atoms with van der Waals surface area (Å²) in [6, 6.07) is 3.43. The van der Waals surface area contributed by atoms with E-state index in [0.29, 0.717) is 32.5 Å². The van der Waals surface area contributed by atoms with E-state index in [1.807, 2.05) is 0 Å². The molecule has 1 N–H and O–H groups in total. The molecule has 1 aromatic carbocycles. The average molecular weight is 305 g/mol. The summed E-state index contributed by atoms with van der Waals surface area (Å²) < 4.78 is 10.4. The average Bonchev–Trinajstić information content (AvgIpc) is 2.76. The van der Waals surface area contributed by atoms with Crippen LogP contribution in [0.1, 0.15) is 0 Å². The highest BCUT2D eigenvalue weighted by atomic mass is 35.5. The minimum Gasteiger partial charge on any atom is -0.495 e. The summed E-state index contributed by atoms with van der Waals surface area (Å²) in [5, 5.41) is 6.44. The van der Waals surface area contributed by atoms with Gasteiger partial charge in [0.05, 0.1) is 24.9 Å². The summed E-state index contributed by atoms with van der Waals surface area (Å²) in [5.74, 6) is 1.16. The topological polar surface area (TPSA) is 43.4 Å². The largest absolute Gasteiger partial charge is 0.495 e. The zero-order valence-corrected chi connectivity index (χ0v) is 12.0. The molecule has 96 valence electrons. The molecule has 1 heterocycles. The van der Waals surface area contributed by atoms with E-state index in [1.54, 1.807) is 31.7 Å². The Morgan fingerprint density at radius 1 is 1.17 bits per heavy atom. The molecule has 0 unspecified atom stereocenters. The molecule has 18 heavy (non-hydrogen) atoms. The van der Waals surface area contributed by atoms with Gasteiger partial charge in [-0.2, -0.15) is 0 Å². The van der Waals surface area contributed by atoms with E-state index in [1.165, 1.54) is 11.3 Å². The number of aromatic nitrogens is 1. The van der Waals surface area contributed by atoms with Crippen molar-refractivity contribution in [2.75, 3.05) is 19.5 Å². The number of benzene rings is 1. The molecule has 0 aliphatic rings. The molecule has 7 heteroatoms. The van der Waals surface area contributed by atoms with Crippen LogP contribution in [0.3, 0.4) is 0 Å². The van der Waals surface area contributed by atoms with E-state index in [0.717, 1.165) is 0 Å². The van der Waals surface area contributed by atoms with Gasteiger partial charge in [-0.05, 0) is 0 Å². The Bertz CT molecular complexity index is 560. The minimum atomic E-state index is 0.447. The van der Waals surface area contributed by atoms with E-state index in [-0.39, 0.29) is 0 Å². The standard InChI is InChI=1S/C11H10Cl2N2O2S/c1-16-8-4-7(9(17-2)3-6(8)12)14-11-15-10(13)5-18-11/h3-5H,1-2H3,(H,14,15). The van der Waals surface area contributed by atoms with Crippen molar-refractivity contribution in [2.24, 2.45) is 0 Å². The number of thiazole rings is 1. The number of hydrogen-bond donors (Lipinski definition) is 1. The second-order valence-corrected chi connectivity index (χ2v) is 4.94. The van der Waals surface area contributed by atoms with Gasteiger partial charge in [0.2, 0.25) is 0 Å². The highest BCUT2D eigenvalue weighted by Gasteiger charge is 2.11.